The first-order chi connectivity index (χ1) is 8.65. The molecule has 1 fully saturated rings. The van der Waals surface area contributed by atoms with Crippen LogP contribution in [0.4, 0.5) is 0 Å². The van der Waals surface area contributed by atoms with E-state index < -0.39 is 0 Å². The van der Waals surface area contributed by atoms with Crippen molar-refractivity contribution in [2.75, 3.05) is 13.2 Å². The van der Waals surface area contributed by atoms with E-state index in [-0.39, 0.29) is 6.04 Å². The van der Waals surface area contributed by atoms with Gasteiger partial charge in [0.1, 0.15) is 0 Å². The van der Waals surface area contributed by atoms with Crippen molar-refractivity contribution in [1.82, 2.24) is 0 Å². The molecular formula is C14H19Cl2NO. The molecule has 0 bridgehead atoms. The minimum absolute atomic E-state index is 0.186. The Kier molecular flexibility index (Phi) is 5.31. The van der Waals surface area contributed by atoms with Crippen LogP contribution in [0.2, 0.25) is 10.0 Å². The molecule has 1 heterocycles. The number of nitrogens with two attached hydrogens (primary N) is 1. The SMILES string of the molecule is NC(Cc1ccc(Cl)c(Cl)c1)CC1CCOCC1. The van der Waals surface area contributed by atoms with Crippen LogP contribution in [0, 0.1) is 5.92 Å². The van der Waals surface area contributed by atoms with E-state index in [1.807, 2.05) is 18.2 Å². The van der Waals surface area contributed by atoms with Crippen LogP contribution in [-0.2, 0) is 11.2 Å². The van der Waals surface area contributed by atoms with E-state index in [1.54, 1.807) is 0 Å². The quantitative estimate of drug-likeness (QED) is 0.917. The second kappa shape index (κ2) is 6.76. The van der Waals surface area contributed by atoms with Gasteiger partial charge in [0.2, 0.25) is 0 Å². The van der Waals surface area contributed by atoms with E-state index in [1.165, 1.54) is 0 Å². The van der Waals surface area contributed by atoms with Crippen LogP contribution in [0.25, 0.3) is 0 Å². The van der Waals surface area contributed by atoms with Gasteiger partial charge in [0, 0.05) is 19.3 Å². The molecule has 1 aromatic rings. The number of halogens is 2. The van der Waals surface area contributed by atoms with Gasteiger partial charge in [-0.15, -0.1) is 0 Å². The number of hydrogen-bond donors (Lipinski definition) is 1. The molecule has 1 aliphatic rings. The Morgan fingerprint density at radius 1 is 1.22 bits per heavy atom. The summed E-state index contributed by atoms with van der Waals surface area (Å²) in [6.45, 7) is 1.76. The number of benzene rings is 1. The fourth-order valence-corrected chi connectivity index (χ4v) is 2.78. The molecule has 1 atom stereocenters. The highest BCUT2D eigenvalue weighted by atomic mass is 35.5. The van der Waals surface area contributed by atoms with Gasteiger partial charge in [0.25, 0.3) is 0 Å². The number of rotatable bonds is 4. The maximum absolute atomic E-state index is 6.21. The number of hydrogen-bond acceptors (Lipinski definition) is 2. The lowest BCUT2D eigenvalue weighted by Gasteiger charge is -2.24. The molecule has 18 heavy (non-hydrogen) atoms. The Balaban J connectivity index is 1.85. The Morgan fingerprint density at radius 2 is 1.94 bits per heavy atom. The molecule has 0 amide bonds. The summed E-state index contributed by atoms with van der Waals surface area (Å²) in [5.41, 5.74) is 7.36. The van der Waals surface area contributed by atoms with Gasteiger partial charge in [-0.1, -0.05) is 29.3 Å². The highest BCUT2D eigenvalue weighted by Gasteiger charge is 2.17. The van der Waals surface area contributed by atoms with E-state index in [4.69, 9.17) is 33.7 Å². The van der Waals surface area contributed by atoms with Crippen molar-refractivity contribution in [3.63, 3.8) is 0 Å². The zero-order valence-electron chi connectivity index (χ0n) is 10.4. The molecule has 4 heteroatoms. The number of ether oxygens (including phenoxy) is 1. The van der Waals surface area contributed by atoms with Gasteiger partial charge >= 0.3 is 0 Å². The van der Waals surface area contributed by atoms with Gasteiger partial charge < -0.3 is 10.5 Å². The van der Waals surface area contributed by atoms with E-state index in [0.717, 1.165) is 44.5 Å². The predicted molar refractivity (Wildman–Crippen MR) is 76.3 cm³/mol. The third-order valence-electron chi connectivity index (χ3n) is 3.46. The summed E-state index contributed by atoms with van der Waals surface area (Å²) in [5.74, 6) is 0.705. The van der Waals surface area contributed by atoms with Crippen LogP contribution < -0.4 is 5.73 Å². The van der Waals surface area contributed by atoms with E-state index >= 15 is 0 Å². The minimum atomic E-state index is 0.186. The molecule has 1 aliphatic heterocycles. The molecule has 100 valence electrons. The summed E-state index contributed by atoms with van der Waals surface area (Å²) >= 11 is 11.9. The van der Waals surface area contributed by atoms with Gasteiger partial charge in [0.05, 0.1) is 10.0 Å². The Morgan fingerprint density at radius 3 is 2.61 bits per heavy atom. The first kappa shape index (κ1) is 14.1. The predicted octanol–water partition coefficient (Wildman–Crippen LogP) is 3.68. The van der Waals surface area contributed by atoms with Gasteiger partial charge in [0.15, 0.2) is 0 Å². The van der Waals surface area contributed by atoms with Crippen molar-refractivity contribution in [2.24, 2.45) is 11.7 Å². The summed E-state index contributed by atoms with van der Waals surface area (Å²) in [6.07, 6.45) is 4.18. The monoisotopic (exact) mass is 287 g/mol. The normalized spacial score (nSPS) is 18.8. The van der Waals surface area contributed by atoms with Crippen LogP contribution in [0.3, 0.4) is 0 Å². The largest absolute Gasteiger partial charge is 0.381 e. The summed E-state index contributed by atoms with van der Waals surface area (Å²) in [4.78, 5) is 0. The van der Waals surface area contributed by atoms with Crippen LogP contribution in [-0.4, -0.2) is 19.3 Å². The minimum Gasteiger partial charge on any atom is -0.381 e. The van der Waals surface area contributed by atoms with Crippen LogP contribution in [0.1, 0.15) is 24.8 Å². The topological polar surface area (TPSA) is 35.2 Å². The zero-order chi connectivity index (χ0) is 13.0. The Labute approximate surface area is 118 Å². The average molecular weight is 288 g/mol. The standard InChI is InChI=1S/C14H19Cl2NO/c15-13-2-1-11(9-14(13)16)8-12(17)7-10-3-5-18-6-4-10/h1-2,9-10,12H,3-8,17H2. The smallest absolute Gasteiger partial charge is 0.0595 e. The molecule has 2 nitrogen and oxygen atoms in total. The van der Waals surface area contributed by atoms with Crippen molar-refractivity contribution in [3.05, 3.63) is 33.8 Å². The fourth-order valence-electron chi connectivity index (χ4n) is 2.46. The van der Waals surface area contributed by atoms with Crippen molar-refractivity contribution in [3.8, 4) is 0 Å². The molecule has 0 radical (unpaired) electrons. The van der Waals surface area contributed by atoms with Gasteiger partial charge in [-0.25, -0.2) is 0 Å². The van der Waals surface area contributed by atoms with Gasteiger partial charge in [-0.3, -0.25) is 0 Å². The summed E-state index contributed by atoms with van der Waals surface area (Å²) in [6, 6.07) is 5.93. The second-order valence-electron chi connectivity index (χ2n) is 5.00. The first-order valence-corrected chi connectivity index (χ1v) is 7.18. The lowest BCUT2D eigenvalue weighted by molar-refractivity contribution is 0.0619. The van der Waals surface area contributed by atoms with E-state index in [0.29, 0.717) is 16.0 Å². The van der Waals surface area contributed by atoms with Crippen molar-refractivity contribution in [1.29, 1.82) is 0 Å². The maximum atomic E-state index is 6.21. The fraction of sp³-hybridized carbons (Fsp3) is 0.571. The molecule has 1 aromatic carbocycles. The van der Waals surface area contributed by atoms with Gasteiger partial charge in [-0.05, 0) is 49.3 Å². The molecular weight excluding hydrogens is 269 g/mol. The van der Waals surface area contributed by atoms with Crippen LogP contribution in [0.5, 0.6) is 0 Å². The van der Waals surface area contributed by atoms with Crippen molar-refractivity contribution in [2.45, 2.75) is 31.7 Å². The third-order valence-corrected chi connectivity index (χ3v) is 4.20. The van der Waals surface area contributed by atoms with Crippen molar-refractivity contribution >= 4 is 23.2 Å². The molecule has 1 unspecified atom stereocenters. The molecule has 2 N–H and O–H groups in total. The summed E-state index contributed by atoms with van der Waals surface area (Å²) in [7, 11) is 0. The average Bonchev–Trinajstić information content (AvgIpc) is 2.35. The molecule has 0 spiro atoms. The van der Waals surface area contributed by atoms with Crippen LogP contribution in [0.15, 0.2) is 18.2 Å². The zero-order valence-corrected chi connectivity index (χ0v) is 11.9. The first-order valence-electron chi connectivity index (χ1n) is 6.42. The third kappa shape index (κ3) is 4.13. The lowest BCUT2D eigenvalue weighted by Crippen LogP contribution is -2.28. The molecule has 1 saturated heterocycles. The Hall–Kier alpha value is -0.280. The highest BCUT2D eigenvalue weighted by molar-refractivity contribution is 6.42. The lowest BCUT2D eigenvalue weighted by atomic mass is 9.90. The van der Waals surface area contributed by atoms with E-state index in [9.17, 15) is 0 Å². The van der Waals surface area contributed by atoms with E-state index in [2.05, 4.69) is 0 Å². The summed E-state index contributed by atoms with van der Waals surface area (Å²) < 4.78 is 5.36. The molecule has 0 saturated carbocycles. The van der Waals surface area contributed by atoms with Crippen molar-refractivity contribution < 1.29 is 4.74 Å². The van der Waals surface area contributed by atoms with Crippen LogP contribution >= 0.6 is 23.2 Å². The van der Waals surface area contributed by atoms with Gasteiger partial charge in [-0.2, -0.15) is 0 Å². The maximum Gasteiger partial charge on any atom is 0.0595 e. The molecule has 0 aliphatic carbocycles. The summed E-state index contributed by atoms with van der Waals surface area (Å²) in [5, 5.41) is 1.20. The Bertz CT molecular complexity index is 391. The molecule has 0 aromatic heterocycles. The highest BCUT2D eigenvalue weighted by Crippen LogP contribution is 2.25. The molecule has 2 rings (SSSR count). The second-order valence-corrected chi connectivity index (χ2v) is 5.82.